The van der Waals surface area contributed by atoms with E-state index in [1.807, 2.05) is 18.7 Å². The molecule has 0 heterocycles. The van der Waals surface area contributed by atoms with Crippen molar-refractivity contribution >= 4 is 5.91 Å². The Balaban J connectivity index is 3.94. The van der Waals surface area contributed by atoms with Crippen molar-refractivity contribution in [2.24, 2.45) is 10.8 Å². The fourth-order valence-corrected chi connectivity index (χ4v) is 0.938. The van der Waals surface area contributed by atoms with Crippen LogP contribution in [0.2, 0.25) is 0 Å². The van der Waals surface area contributed by atoms with E-state index >= 15 is 0 Å². The van der Waals surface area contributed by atoms with Gasteiger partial charge in [-0.1, -0.05) is 5.11 Å². The Kier molecular flexibility index (Phi) is 5.67. The zero-order valence-electron chi connectivity index (χ0n) is 7.97. The summed E-state index contributed by atoms with van der Waals surface area (Å²) < 4.78 is 0. The number of rotatable bonds is 6. The summed E-state index contributed by atoms with van der Waals surface area (Å²) in [4.78, 5) is 15.1. The van der Waals surface area contributed by atoms with Crippen LogP contribution >= 0.6 is 0 Å². The van der Waals surface area contributed by atoms with Crippen LogP contribution in [0.15, 0.2) is 5.11 Å². The maximum absolute atomic E-state index is 10.6. The summed E-state index contributed by atoms with van der Waals surface area (Å²) in [6.07, 6.45) is 0. The summed E-state index contributed by atoms with van der Waals surface area (Å²) in [7, 11) is 0. The van der Waals surface area contributed by atoms with Gasteiger partial charge < -0.3 is 5.73 Å². The van der Waals surface area contributed by atoms with Crippen LogP contribution in [0.25, 0.3) is 10.4 Å². The van der Waals surface area contributed by atoms with Gasteiger partial charge in [-0.25, -0.2) is 0 Å². The molecule has 2 N–H and O–H groups in total. The molecule has 74 valence electrons. The molecule has 0 bridgehead atoms. The molecule has 6 heteroatoms. The molecular weight excluding hydrogens is 170 g/mol. The van der Waals surface area contributed by atoms with Gasteiger partial charge in [-0.05, 0) is 19.4 Å². The average Bonchev–Trinajstić information content (AvgIpc) is 2.02. The summed E-state index contributed by atoms with van der Waals surface area (Å²) in [5.41, 5.74) is 13.1. The van der Waals surface area contributed by atoms with Crippen molar-refractivity contribution in [2.75, 3.05) is 19.6 Å². The van der Waals surface area contributed by atoms with Crippen LogP contribution in [0.1, 0.15) is 13.8 Å². The molecule has 0 aromatic heterocycles. The molecule has 0 aromatic rings. The van der Waals surface area contributed by atoms with E-state index in [-0.39, 0.29) is 18.5 Å². The van der Waals surface area contributed by atoms with Crippen LogP contribution in [0.3, 0.4) is 0 Å². The van der Waals surface area contributed by atoms with Gasteiger partial charge in [-0.15, -0.1) is 0 Å². The van der Waals surface area contributed by atoms with Gasteiger partial charge in [0.2, 0.25) is 5.91 Å². The normalized spacial score (nSPS) is 10.2. The molecule has 0 aromatic carbocycles. The molecule has 0 saturated heterocycles. The lowest BCUT2D eigenvalue weighted by atomic mass is 10.3. The Morgan fingerprint density at radius 3 is 2.69 bits per heavy atom. The second-order valence-corrected chi connectivity index (χ2v) is 2.99. The predicted molar refractivity (Wildman–Crippen MR) is 49.9 cm³/mol. The lowest BCUT2D eigenvalue weighted by Crippen LogP contribution is -2.39. The lowest BCUT2D eigenvalue weighted by Gasteiger charge is -2.23. The SMILES string of the molecule is CC(C)N(CCN=[N+]=[N-])CC(N)=O. The highest BCUT2D eigenvalue weighted by molar-refractivity contribution is 5.75. The maximum Gasteiger partial charge on any atom is 0.231 e. The Morgan fingerprint density at radius 1 is 1.69 bits per heavy atom. The molecule has 0 aliphatic heterocycles. The maximum atomic E-state index is 10.6. The molecule has 0 aliphatic carbocycles. The van der Waals surface area contributed by atoms with E-state index in [1.54, 1.807) is 0 Å². The monoisotopic (exact) mass is 185 g/mol. The third-order valence-corrected chi connectivity index (χ3v) is 1.64. The van der Waals surface area contributed by atoms with Crippen LogP contribution in [-0.2, 0) is 4.79 Å². The summed E-state index contributed by atoms with van der Waals surface area (Å²) in [5.74, 6) is -0.366. The fraction of sp³-hybridized carbons (Fsp3) is 0.857. The summed E-state index contributed by atoms with van der Waals surface area (Å²) in [6.45, 7) is 5.04. The second-order valence-electron chi connectivity index (χ2n) is 2.99. The van der Waals surface area contributed by atoms with Crippen LogP contribution in [0.5, 0.6) is 0 Å². The minimum atomic E-state index is -0.366. The number of hydrogen-bond acceptors (Lipinski definition) is 3. The highest BCUT2D eigenvalue weighted by Crippen LogP contribution is 1.96. The van der Waals surface area contributed by atoms with Gasteiger partial charge in [0, 0.05) is 24.0 Å². The lowest BCUT2D eigenvalue weighted by molar-refractivity contribution is -0.119. The van der Waals surface area contributed by atoms with Crippen molar-refractivity contribution < 1.29 is 4.79 Å². The first-order chi connectivity index (χ1) is 6.07. The number of nitrogens with two attached hydrogens (primary N) is 1. The van der Waals surface area contributed by atoms with Crippen molar-refractivity contribution in [3.05, 3.63) is 10.4 Å². The standard InChI is InChI=1S/C7H15N5O/c1-6(2)12(5-7(8)13)4-3-10-11-9/h6H,3-5H2,1-2H3,(H2,8,13). The van der Waals surface area contributed by atoms with Crippen molar-refractivity contribution in [2.45, 2.75) is 19.9 Å². The van der Waals surface area contributed by atoms with Crippen LogP contribution in [0.4, 0.5) is 0 Å². The van der Waals surface area contributed by atoms with Crippen LogP contribution < -0.4 is 5.73 Å². The van der Waals surface area contributed by atoms with Gasteiger partial charge in [-0.2, -0.15) is 0 Å². The molecule has 0 radical (unpaired) electrons. The first kappa shape index (κ1) is 11.7. The van der Waals surface area contributed by atoms with E-state index < -0.39 is 0 Å². The van der Waals surface area contributed by atoms with Gasteiger partial charge in [0.05, 0.1) is 6.54 Å². The van der Waals surface area contributed by atoms with Gasteiger partial charge in [0.1, 0.15) is 0 Å². The van der Waals surface area contributed by atoms with E-state index in [1.165, 1.54) is 0 Å². The van der Waals surface area contributed by atoms with Crippen molar-refractivity contribution in [3.8, 4) is 0 Å². The van der Waals surface area contributed by atoms with E-state index in [2.05, 4.69) is 10.0 Å². The first-order valence-corrected chi connectivity index (χ1v) is 4.11. The number of nitrogens with zero attached hydrogens (tertiary/aromatic N) is 4. The zero-order valence-corrected chi connectivity index (χ0v) is 7.97. The fourth-order valence-electron chi connectivity index (χ4n) is 0.938. The minimum Gasteiger partial charge on any atom is -0.369 e. The summed E-state index contributed by atoms with van der Waals surface area (Å²) in [5, 5.41) is 3.39. The molecule has 0 saturated carbocycles. The van der Waals surface area contributed by atoms with E-state index in [0.29, 0.717) is 13.1 Å². The Hall–Kier alpha value is -1.26. The zero-order chi connectivity index (χ0) is 10.3. The van der Waals surface area contributed by atoms with Crippen molar-refractivity contribution in [1.82, 2.24) is 4.90 Å². The van der Waals surface area contributed by atoms with Crippen LogP contribution in [0, 0.1) is 0 Å². The quantitative estimate of drug-likeness (QED) is 0.370. The Morgan fingerprint density at radius 2 is 2.31 bits per heavy atom. The summed E-state index contributed by atoms with van der Waals surface area (Å²) >= 11 is 0. The molecule has 1 amide bonds. The number of amides is 1. The van der Waals surface area contributed by atoms with E-state index in [4.69, 9.17) is 11.3 Å². The predicted octanol–water partition coefficient (Wildman–Crippen LogP) is 0.492. The van der Waals surface area contributed by atoms with Crippen molar-refractivity contribution in [3.63, 3.8) is 0 Å². The third-order valence-electron chi connectivity index (χ3n) is 1.64. The average molecular weight is 185 g/mol. The van der Waals surface area contributed by atoms with Gasteiger partial charge in [-0.3, -0.25) is 9.69 Å². The van der Waals surface area contributed by atoms with Gasteiger partial charge in [0.25, 0.3) is 0 Å². The summed E-state index contributed by atoms with van der Waals surface area (Å²) in [6, 6.07) is 0.224. The molecule has 0 unspecified atom stereocenters. The number of carbonyl (C=O) groups is 1. The minimum absolute atomic E-state index is 0.207. The number of carbonyl (C=O) groups excluding carboxylic acids is 1. The molecule has 13 heavy (non-hydrogen) atoms. The highest BCUT2D eigenvalue weighted by Gasteiger charge is 2.10. The number of primary amides is 1. The third kappa shape index (κ3) is 5.95. The molecule has 0 rings (SSSR count). The van der Waals surface area contributed by atoms with Crippen LogP contribution in [-0.4, -0.2) is 36.5 Å². The van der Waals surface area contributed by atoms with Gasteiger partial charge in [0.15, 0.2) is 0 Å². The Labute approximate surface area is 77.3 Å². The molecular formula is C7H15N5O. The number of azide groups is 1. The van der Waals surface area contributed by atoms with E-state index in [9.17, 15) is 4.79 Å². The second kappa shape index (κ2) is 6.28. The molecule has 6 nitrogen and oxygen atoms in total. The largest absolute Gasteiger partial charge is 0.369 e. The molecule has 0 atom stereocenters. The van der Waals surface area contributed by atoms with Crippen molar-refractivity contribution in [1.29, 1.82) is 0 Å². The molecule has 0 aliphatic rings. The smallest absolute Gasteiger partial charge is 0.231 e. The van der Waals surface area contributed by atoms with Gasteiger partial charge >= 0.3 is 0 Å². The number of hydrogen-bond donors (Lipinski definition) is 1. The first-order valence-electron chi connectivity index (χ1n) is 4.11. The topological polar surface area (TPSA) is 95.1 Å². The molecule has 0 fully saturated rings. The highest BCUT2D eigenvalue weighted by atomic mass is 16.1. The molecule has 0 spiro atoms. The Bertz CT molecular complexity index is 209. The van der Waals surface area contributed by atoms with E-state index in [0.717, 1.165) is 0 Å².